The molecule has 0 aliphatic rings. The first-order valence-electron chi connectivity index (χ1n) is 7.55. The van der Waals surface area contributed by atoms with Gasteiger partial charge in [-0.05, 0) is 23.1 Å². The van der Waals surface area contributed by atoms with Gasteiger partial charge in [0.25, 0.3) is 5.91 Å². The predicted molar refractivity (Wildman–Crippen MR) is 92.3 cm³/mol. The molecule has 1 rings (SSSR count). The number of rotatable bonds is 7. The fourth-order valence-corrected chi connectivity index (χ4v) is 1.71. The van der Waals surface area contributed by atoms with E-state index in [-0.39, 0.29) is 6.54 Å². The molecule has 0 radical (unpaired) electrons. The minimum absolute atomic E-state index is 0.233. The Morgan fingerprint density at radius 1 is 1.21 bits per heavy atom. The first-order valence-corrected chi connectivity index (χ1v) is 7.55. The van der Waals surface area contributed by atoms with Crippen molar-refractivity contribution in [3.63, 3.8) is 0 Å². The highest BCUT2D eigenvalue weighted by Gasteiger charge is 2.08. The number of imide groups is 1. The molecule has 2 N–H and O–H groups in total. The molecule has 3 amide bonds. The van der Waals surface area contributed by atoms with E-state index in [0.29, 0.717) is 5.92 Å². The van der Waals surface area contributed by atoms with Gasteiger partial charge >= 0.3 is 12.0 Å². The molecule has 0 aliphatic heterocycles. The Balaban J connectivity index is 2.38. The fraction of sp³-hybridized carbons (Fsp3) is 0.278. The zero-order valence-corrected chi connectivity index (χ0v) is 13.9. The van der Waals surface area contributed by atoms with E-state index in [0.717, 1.165) is 5.56 Å². The number of carbonyl (C=O) groups is 3. The van der Waals surface area contributed by atoms with Crippen molar-refractivity contribution in [1.29, 1.82) is 0 Å². The Hall–Kier alpha value is -2.89. The van der Waals surface area contributed by atoms with Gasteiger partial charge in [-0.3, -0.25) is 10.1 Å². The van der Waals surface area contributed by atoms with E-state index in [9.17, 15) is 14.4 Å². The van der Waals surface area contributed by atoms with Gasteiger partial charge < -0.3 is 10.1 Å². The standard InChI is InChI=1S/C18H22N2O4/c1-4-11-19-18(23)20-16(21)12-24-17(22)10-7-14-5-8-15(9-6-14)13(2)3/h4-10,13H,1,11-12H2,2-3H3,(H2,19,20,21,23)/b10-7+. The SMILES string of the molecule is C=CCNC(=O)NC(=O)COC(=O)/C=C/c1ccc(C(C)C)cc1. The lowest BCUT2D eigenvalue weighted by Gasteiger charge is -2.05. The Labute approximate surface area is 141 Å². The summed E-state index contributed by atoms with van der Waals surface area (Å²) in [6.07, 6.45) is 4.30. The number of esters is 1. The molecule has 1 aromatic carbocycles. The van der Waals surface area contributed by atoms with Crippen LogP contribution in [-0.4, -0.2) is 31.1 Å². The lowest BCUT2D eigenvalue weighted by atomic mass is 10.0. The predicted octanol–water partition coefficient (Wildman–Crippen LogP) is 2.38. The molecule has 0 spiro atoms. The molecule has 0 unspecified atom stereocenters. The van der Waals surface area contributed by atoms with Gasteiger partial charge in [-0.2, -0.15) is 0 Å². The van der Waals surface area contributed by atoms with Gasteiger partial charge in [0.2, 0.25) is 0 Å². The van der Waals surface area contributed by atoms with Gasteiger partial charge in [0.1, 0.15) is 0 Å². The zero-order chi connectivity index (χ0) is 17.9. The van der Waals surface area contributed by atoms with Crippen molar-refractivity contribution in [2.45, 2.75) is 19.8 Å². The average molecular weight is 330 g/mol. The van der Waals surface area contributed by atoms with Crippen LogP contribution in [0.1, 0.15) is 30.9 Å². The largest absolute Gasteiger partial charge is 0.452 e. The summed E-state index contributed by atoms with van der Waals surface area (Å²) in [5, 5.41) is 4.39. The Kier molecular flexibility index (Phi) is 7.98. The Morgan fingerprint density at radius 2 is 1.88 bits per heavy atom. The highest BCUT2D eigenvalue weighted by atomic mass is 16.5. The van der Waals surface area contributed by atoms with Crippen molar-refractivity contribution < 1.29 is 19.1 Å². The van der Waals surface area contributed by atoms with E-state index in [1.807, 2.05) is 29.6 Å². The van der Waals surface area contributed by atoms with Crippen LogP contribution in [0.25, 0.3) is 6.08 Å². The van der Waals surface area contributed by atoms with Crippen LogP contribution in [0.15, 0.2) is 43.0 Å². The quantitative estimate of drug-likeness (QED) is 0.457. The maximum Gasteiger partial charge on any atom is 0.331 e. The molecule has 6 heteroatoms. The van der Waals surface area contributed by atoms with Gasteiger partial charge in [-0.25, -0.2) is 9.59 Å². The maximum atomic E-state index is 11.6. The number of hydrogen-bond acceptors (Lipinski definition) is 4. The molecule has 0 aliphatic carbocycles. The van der Waals surface area contributed by atoms with Gasteiger partial charge in [-0.1, -0.05) is 44.2 Å². The number of hydrogen-bond donors (Lipinski definition) is 2. The molecular weight excluding hydrogens is 308 g/mol. The average Bonchev–Trinajstić information content (AvgIpc) is 2.56. The van der Waals surface area contributed by atoms with Crippen LogP contribution in [0.5, 0.6) is 0 Å². The summed E-state index contributed by atoms with van der Waals surface area (Å²) >= 11 is 0. The molecule has 0 fully saturated rings. The lowest BCUT2D eigenvalue weighted by molar-refractivity contribution is -0.143. The monoisotopic (exact) mass is 330 g/mol. The summed E-state index contributed by atoms with van der Waals surface area (Å²) in [6.45, 7) is 7.33. The smallest absolute Gasteiger partial charge is 0.331 e. The molecule has 24 heavy (non-hydrogen) atoms. The maximum absolute atomic E-state index is 11.6. The number of nitrogens with one attached hydrogen (secondary N) is 2. The molecule has 0 saturated carbocycles. The molecule has 0 aromatic heterocycles. The molecule has 0 saturated heterocycles. The van der Waals surface area contributed by atoms with Crippen LogP contribution in [-0.2, 0) is 14.3 Å². The molecular formula is C18H22N2O4. The van der Waals surface area contributed by atoms with Crippen LogP contribution >= 0.6 is 0 Å². The minimum Gasteiger partial charge on any atom is -0.452 e. The first kappa shape index (κ1) is 19.2. The van der Waals surface area contributed by atoms with Crippen LogP contribution in [0.3, 0.4) is 0 Å². The van der Waals surface area contributed by atoms with E-state index in [1.165, 1.54) is 17.7 Å². The molecule has 0 atom stereocenters. The number of urea groups is 1. The fourth-order valence-electron chi connectivity index (χ4n) is 1.71. The number of carbonyl (C=O) groups excluding carboxylic acids is 3. The van der Waals surface area contributed by atoms with E-state index in [1.54, 1.807) is 6.08 Å². The van der Waals surface area contributed by atoms with Gasteiger partial charge in [0, 0.05) is 12.6 Å². The Bertz CT molecular complexity index is 618. The highest BCUT2D eigenvalue weighted by Crippen LogP contribution is 2.15. The summed E-state index contributed by atoms with van der Waals surface area (Å²) in [7, 11) is 0. The van der Waals surface area contributed by atoms with Crippen LogP contribution in [0, 0.1) is 0 Å². The third kappa shape index (κ3) is 7.40. The van der Waals surface area contributed by atoms with Crippen molar-refractivity contribution >= 4 is 24.0 Å². The third-order valence-corrected chi connectivity index (χ3v) is 3.02. The van der Waals surface area contributed by atoms with Crippen LogP contribution in [0.4, 0.5) is 4.79 Å². The van der Waals surface area contributed by atoms with Crippen molar-refractivity contribution in [2.75, 3.05) is 13.2 Å². The van der Waals surface area contributed by atoms with Crippen molar-refractivity contribution in [3.05, 3.63) is 54.1 Å². The van der Waals surface area contributed by atoms with Gasteiger partial charge in [0.15, 0.2) is 6.61 Å². The van der Waals surface area contributed by atoms with Crippen molar-refractivity contribution in [3.8, 4) is 0 Å². The van der Waals surface area contributed by atoms with Crippen molar-refractivity contribution in [2.24, 2.45) is 0 Å². The normalized spacial score (nSPS) is 10.5. The van der Waals surface area contributed by atoms with Gasteiger partial charge in [0.05, 0.1) is 0 Å². The number of ether oxygens (including phenoxy) is 1. The van der Waals surface area contributed by atoms with E-state index >= 15 is 0 Å². The second kappa shape index (κ2) is 9.99. The summed E-state index contributed by atoms with van der Waals surface area (Å²) in [4.78, 5) is 34.1. The van der Waals surface area contributed by atoms with E-state index < -0.39 is 24.5 Å². The molecule has 6 nitrogen and oxygen atoms in total. The van der Waals surface area contributed by atoms with Crippen LogP contribution < -0.4 is 10.6 Å². The van der Waals surface area contributed by atoms with E-state index in [2.05, 4.69) is 25.7 Å². The third-order valence-electron chi connectivity index (χ3n) is 3.02. The summed E-state index contributed by atoms with van der Waals surface area (Å²) in [6, 6.07) is 7.11. The number of amides is 3. The highest BCUT2D eigenvalue weighted by molar-refractivity contribution is 5.96. The summed E-state index contributed by atoms with van der Waals surface area (Å²) in [5.41, 5.74) is 2.06. The summed E-state index contributed by atoms with van der Waals surface area (Å²) < 4.78 is 4.75. The topological polar surface area (TPSA) is 84.5 Å². The second-order valence-corrected chi connectivity index (χ2v) is 5.31. The first-order chi connectivity index (χ1) is 11.4. The van der Waals surface area contributed by atoms with Gasteiger partial charge in [-0.15, -0.1) is 6.58 Å². The summed E-state index contributed by atoms with van der Waals surface area (Å²) in [5.74, 6) is -0.931. The molecule has 128 valence electrons. The molecule has 0 bridgehead atoms. The lowest BCUT2D eigenvalue weighted by Crippen LogP contribution is -2.41. The van der Waals surface area contributed by atoms with Crippen molar-refractivity contribution in [1.82, 2.24) is 10.6 Å². The zero-order valence-electron chi connectivity index (χ0n) is 13.9. The number of benzene rings is 1. The molecule has 1 aromatic rings. The second-order valence-electron chi connectivity index (χ2n) is 5.31. The van der Waals surface area contributed by atoms with Crippen LogP contribution in [0.2, 0.25) is 0 Å². The molecule has 0 heterocycles. The Morgan fingerprint density at radius 3 is 2.46 bits per heavy atom. The minimum atomic E-state index is -0.709. The van der Waals surface area contributed by atoms with E-state index in [4.69, 9.17) is 4.74 Å².